The second-order valence-electron chi connectivity index (χ2n) is 10.3. The minimum Gasteiger partial charge on any atom is -0.337 e. The number of rotatable bonds is 3. The normalized spacial score (nSPS) is 34.5. The van der Waals surface area contributed by atoms with Gasteiger partial charge in [-0.2, -0.15) is 4.98 Å². The van der Waals surface area contributed by atoms with Gasteiger partial charge in [0, 0.05) is 17.6 Å². The number of amides is 2. The molecule has 1 aliphatic heterocycles. The first-order valence-electron chi connectivity index (χ1n) is 11.6. The van der Waals surface area contributed by atoms with Crippen LogP contribution in [0, 0.1) is 24.7 Å². The quantitative estimate of drug-likeness (QED) is 0.790. The summed E-state index contributed by atoms with van der Waals surface area (Å²) in [6.07, 6.45) is 9.50. The zero-order valence-corrected chi connectivity index (χ0v) is 17.6. The van der Waals surface area contributed by atoms with E-state index in [0.717, 1.165) is 42.7 Å². The van der Waals surface area contributed by atoms with E-state index >= 15 is 0 Å². The smallest absolute Gasteiger partial charge is 0.318 e. The maximum atomic E-state index is 13.4. The molecule has 5 aliphatic rings. The molecule has 6 nitrogen and oxygen atoms in total. The molecule has 1 atom stereocenters. The van der Waals surface area contributed by atoms with E-state index in [2.05, 4.69) is 22.4 Å². The lowest BCUT2D eigenvalue weighted by Gasteiger charge is -2.57. The first-order chi connectivity index (χ1) is 14.6. The van der Waals surface area contributed by atoms with Crippen LogP contribution < -0.4 is 5.32 Å². The SMILES string of the molecule is Cc1ccc(-c2noc([C@H]3CCCN3C(=O)NC34CC5CC(CC(C5)C3)C4)n2)cc1. The first kappa shape index (κ1) is 18.4. The van der Waals surface area contributed by atoms with Gasteiger partial charge in [-0.25, -0.2) is 4.79 Å². The Hall–Kier alpha value is -2.37. The summed E-state index contributed by atoms with van der Waals surface area (Å²) >= 11 is 0. The molecule has 5 fully saturated rings. The number of nitrogens with one attached hydrogen (secondary N) is 1. The van der Waals surface area contributed by atoms with Gasteiger partial charge >= 0.3 is 6.03 Å². The third kappa shape index (κ3) is 3.12. The van der Waals surface area contributed by atoms with Crippen LogP contribution in [-0.4, -0.2) is 33.2 Å². The molecule has 2 aromatic rings. The predicted molar refractivity (Wildman–Crippen MR) is 113 cm³/mol. The van der Waals surface area contributed by atoms with Crippen molar-refractivity contribution in [2.45, 2.75) is 69.9 Å². The molecule has 1 N–H and O–H groups in total. The largest absolute Gasteiger partial charge is 0.337 e. The lowest BCUT2D eigenvalue weighted by Crippen LogP contribution is -2.61. The number of benzene rings is 1. The number of likely N-dealkylation sites (tertiary alicyclic amines) is 1. The van der Waals surface area contributed by atoms with Crippen LogP contribution in [0.3, 0.4) is 0 Å². The molecular weight excluding hydrogens is 376 g/mol. The number of urea groups is 1. The van der Waals surface area contributed by atoms with E-state index in [1.807, 2.05) is 29.2 Å². The maximum absolute atomic E-state index is 13.4. The summed E-state index contributed by atoms with van der Waals surface area (Å²) < 4.78 is 5.62. The van der Waals surface area contributed by atoms with Crippen molar-refractivity contribution in [1.29, 1.82) is 0 Å². The van der Waals surface area contributed by atoms with E-state index in [9.17, 15) is 4.79 Å². The summed E-state index contributed by atoms with van der Waals surface area (Å²) in [5.41, 5.74) is 2.17. The van der Waals surface area contributed by atoms with Crippen LogP contribution in [0.2, 0.25) is 0 Å². The van der Waals surface area contributed by atoms with E-state index in [-0.39, 0.29) is 17.6 Å². The fourth-order valence-electron chi connectivity index (χ4n) is 7.02. The van der Waals surface area contributed by atoms with Crippen molar-refractivity contribution in [3.05, 3.63) is 35.7 Å². The number of nitrogens with zero attached hydrogens (tertiary/aromatic N) is 3. The molecule has 1 aromatic heterocycles. The predicted octanol–water partition coefficient (Wildman–Crippen LogP) is 4.86. The molecule has 1 aromatic carbocycles. The van der Waals surface area contributed by atoms with Crippen molar-refractivity contribution in [3.63, 3.8) is 0 Å². The summed E-state index contributed by atoms with van der Waals surface area (Å²) in [6.45, 7) is 2.81. The van der Waals surface area contributed by atoms with Gasteiger partial charge in [-0.3, -0.25) is 0 Å². The topological polar surface area (TPSA) is 71.3 Å². The fourth-order valence-corrected chi connectivity index (χ4v) is 7.02. The van der Waals surface area contributed by atoms with Crippen molar-refractivity contribution in [1.82, 2.24) is 20.4 Å². The number of hydrogen-bond acceptors (Lipinski definition) is 4. The van der Waals surface area contributed by atoms with Crippen LogP contribution in [0.15, 0.2) is 28.8 Å². The highest BCUT2D eigenvalue weighted by Crippen LogP contribution is 2.55. The highest BCUT2D eigenvalue weighted by Gasteiger charge is 2.52. The Kier molecular flexibility index (Phi) is 4.19. The van der Waals surface area contributed by atoms with Crippen molar-refractivity contribution in [2.24, 2.45) is 17.8 Å². The Morgan fingerprint density at radius 3 is 2.43 bits per heavy atom. The molecule has 158 valence electrons. The monoisotopic (exact) mass is 406 g/mol. The van der Waals surface area contributed by atoms with Crippen molar-refractivity contribution in [2.75, 3.05) is 6.54 Å². The summed E-state index contributed by atoms with van der Waals surface area (Å²) in [6, 6.07) is 8.06. The van der Waals surface area contributed by atoms with Crippen LogP contribution in [-0.2, 0) is 0 Å². The summed E-state index contributed by atoms with van der Waals surface area (Å²) in [4.78, 5) is 19.9. The lowest BCUT2D eigenvalue weighted by atomic mass is 9.53. The number of hydrogen-bond donors (Lipinski definition) is 1. The summed E-state index contributed by atoms with van der Waals surface area (Å²) in [5.74, 6) is 3.61. The molecule has 6 heteroatoms. The van der Waals surface area contributed by atoms with Crippen molar-refractivity contribution in [3.8, 4) is 11.4 Å². The molecule has 0 spiro atoms. The Bertz CT molecular complexity index is 915. The maximum Gasteiger partial charge on any atom is 0.318 e. The van der Waals surface area contributed by atoms with Crippen molar-refractivity contribution < 1.29 is 9.32 Å². The minimum atomic E-state index is -0.120. The van der Waals surface area contributed by atoms with Crippen LogP contribution >= 0.6 is 0 Å². The molecule has 7 rings (SSSR count). The summed E-state index contributed by atoms with van der Waals surface area (Å²) in [5, 5.41) is 7.70. The van der Waals surface area contributed by atoms with Gasteiger partial charge in [0.05, 0.1) is 0 Å². The van der Waals surface area contributed by atoms with Gasteiger partial charge in [0.15, 0.2) is 0 Å². The molecule has 0 unspecified atom stereocenters. The second kappa shape index (κ2) is 6.82. The third-order valence-corrected chi connectivity index (χ3v) is 7.96. The number of aromatic nitrogens is 2. The summed E-state index contributed by atoms with van der Waals surface area (Å²) in [7, 11) is 0. The average Bonchev–Trinajstić information content (AvgIpc) is 3.36. The van der Waals surface area contributed by atoms with E-state index in [1.165, 1.54) is 44.1 Å². The van der Waals surface area contributed by atoms with Crippen LogP contribution in [0.5, 0.6) is 0 Å². The van der Waals surface area contributed by atoms with E-state index in [4.69, 9.17) is 4.52 Å². The van der Waals surface area contributed by atoms with Gasteiger partial charge in [-0.15, -0.1) is 0 Å². The average molecular weight is 407 g/mol. The first-order valence-corrected chi connectivity index (χ1v) is 11.6. The van der Waals surface area contributed by atoms with E-state index in [1.54, 1.807) is 0 Å². The molecule has 2 heterocycles. The van der Waals surface area contributed by atoms with Crippen LogP contribution in [0.1, 0.15) is 68.9 Å². The van der Waals surface area contributed by atoms with E-state index < -0.39 is 0 Å². The molecule has 4 aliphatic carbocycles. The van der Waals surface area contributed by atoms with Crippen LogP contribution in [0.25, 0.3) is 11.4 Å². The molecule has 1 saturated heterocycles. The van der Waals surface area contributed by atoms with Gasteiger partial charge in [0.1, 0.15) is 6.04 Å². The third-order valence-electron chi connectivity index (χ3n) is 7.96. The second-order valence-corrected chi connectivity index (χ2v) is 10.3. The Morgan fingerprint density at radius 2 is 1.77 bits per heavy atom. The number of carbonyl (C=O) groups is 1. The minimum absolute atomic E-state index is 0.0286. The number of carbonyl (C=O) groups excluding carboxylic acids is 1. The highest BCUT2D eigenvalue weighted by atomic mass is 16.5. The molecule has 2 amide bonds. The van der Waals surface area contributed by atoms with Gasteiger partial charge in [-0.05, 0) is 76.0 Å². The van der Waals surface area contributed by atoms with Gasteiger partial charge in [0.2, 0.25) is 11.7 Å². The van der Waals surface area contributed by atoms with Crippen molar-refractivity contribution >= 4 is 6.03 Å². The lowest BCUT2D eigenvalue weighted by molar-refractivity contribution is -0.0160. The zero-order chi connectivity index (χ0) is 20.3. The Balaban J connectivity index is 1.19. The Morgan fingerprint density at radius 1 is 1.10 bits per heavy atom. The zero-order valence-electron chi connectivity index (χ0n) is 17.6. The molecule has 4 bridgehead atoms. The fraction of sp³-hybridized carbons (Fsp3) is 0.625. The van der Waals surface area contributed by atoms with Gasteiger partial charge in [0.25, 0.3) is 0 Å². The Labute approximate surface area is 177 Å². The van der Waals surface area contributed by atoms with Crippen LogP contribution in [0.4, 0.5) is 4.79 Å². The van der Waals surface area contributed by atoms with Gasteiger partial charge in [-0.1, -0.05) is 35.0 Å². The number of aryl methyl sites for hydroxylation is 1. The molecular formula is C24H30N4O2. The molecule has 0 radical (unpaired) electrons. The standard InChI is InChI=1S/C24H30N4O2/c1-15-4-6-19(7-5-15)21-25-22(30-27-21)20-3-2-8-28(20)23(29)26-24-12-16-9-17(13-24)11-18(10-16)14-24/h4-7,16-18,20H,2-3,8-14H2,1H3,(H,26,29)/t16?,17?,18?,20-,24?/m1/s1. The van der Waals surface area contributed by atoms with Gasteiger partial charge < -0.3 is 14.7 Å². The molecule has 30 heavy (non-hydrogen) atoms. The van der Waals surface area contributed by atoms with E-state index in [0.29, 0.717) is 11.7 Å². The highest BCUT2D eigenvalue weighted by molar-refractivity contribution is 5.76. The molecule has 4 saturated carbocycles.